The van der Waals surface area contributed by atoms with E-state index in [1.165, 1.54) is 52.8 Å². The van der Waals surface area contributed by atoms with E-state index in [2.05, 4.69) is 156 Å². The molecule has 0 radical (unpaired) electrons. The van der Waals surface area contributed by atoms with Crippen molar-refractivity contribution >= 4 is 75.0 Å². The van der Waals surface area contributed by atoms with Crippen molar-refractivity contribution in [2.75, 3.05) is 0 Å². The largest absolute Gasteiger partial charge is 0.277 e. The van der Waals surface area contributed by atoms with Crippen LogP contribution in [0.4, 0.5) is 0 Å². The van der Waals surface area contributed by atoms with Gasteiger partial charge in [0.1, 0.15) is 0 Å². The number of para-hydroxylation sites is 2. The number of hydrogen-bond acceptors (Lipinski definition) is 3. The highest BCUT2D eigenvalue weighted by Crippen LogP contribution is 2.44. The standard InChI is InChI=1S/C42H25N3S/c1-2-10-26(11-3-1)27-18-20-29(21-19-27)39-34-14-4-7-15-35(34)43-42(44-39)45-36-16-8-5-12-30(36)32-24-22-28-23-25-33-31-13-6-9-17-37(31)46-41(33)38(28)40(32)45/h1-25H. The molecule has 0 fully saturated rings. The topological polar surface area (TPSA) is 30.7 Å². The summed E-state index contributed by atoms with van der Waals surface area (Å²) in [5.74, 6) is 0.678. The van der Waals surface area contributed by atoms with Crippen LogP contribution in [-0.4, -0.2) is 14.5 Å². The van der Waals surface area contributed by atoms with E-state index in [0.29, 0.717) is 5.95 Å². The van der Waals surface area contributed by atoms with Gasteiger partial charge in [-0.3, -0.25) is 4.57 Å². The van der Waals surface area contributed by atoms with Gasteiger partial charge in [-0.2, -0.15) is 0 Å². The first-order valence-electron chi connectivity index (χ1n) is 15.5. The van der Waals surface area contributed by atoms with E-state index in [1.807, 2.05) is 11.3 Å². The number of aromatic nitrogens is 3. The first kappa shape index (κ1) is 25.5. The van der Waals surface area contributed by atoms with Crippen LogP contribution < -0.4 is 0 Å². The van der Waals surface area contributed by atoms with E-state index in [0.717, 1.165) is 33.2 Å². The van der Waals surface area contributed by atoms with Crippen molar-refractivity contribution < 1.29 is 0 Å². The van der Waals surface area contributed by atoms with Gasteiger partial charge in [-0.25, -0.2) is 9.97 Å². The molecule has 0 saturated carbocycles. The molecule has 0 unspecified atom stereocenters. The van der Waals surface area contributed by atoms with Crippen LogP contribution >= 0.6 is 11.3 Å². The summed E-state index contributed by atoms with van der Waals surface area (Å²) in [6.07, 6.45) is 0. The van der Waals surface area contributed by atoms with Crippen molar-refractivity contribution in [1.29, 1.82) is 0 Å². The normalized spacial score (nSPS) is 11.9. The van der Waals surface area contributed by atoms with Crippen molar-refractivity contribution in [3.8, 4) is 28.3 Å². The predicted octanol–water partition coefficient (Wildman–Crippen LogP) is 11.6. The Morgan fingerprint density at radius 2 is 1.11 bits per heavy atom. The fourth-order valence-corrected chi connectivity index (χ4v) is 8.34. The molecule has 4 heteroatoms. The zero-order chi connectivity index (χ0) is 30.2. The van der Waals surface area contributed by atoms with Crippen molar-refractivity contribution in [2.45, 2.75) is 0 Å². The predicted molar refractivity (Wildman–Crippen MR) is 195 cm³/mol. The minimum absolute atomic E-state index is 0.678. The summed E-state index contributed by atoms with van der Waals surface area (Å²) in [6.45, 7) is 0. The number of nitrogens with zero attached hydrogens (tertiary/aromatic N) is 3. The number of rotatable bonds is 3. The van der Waals surface area contributed by atoms with Crippen LogP contribution in [0.5, 0.6) is 0 Å². The smallest absolute Gasteiger partial charge is 0.235 e. The van der Waals surface area contributed by atoms with E-state index in [1.54, 1.807) is 0 Å². The van der Waals surface area contributed by atoms with Gasteiger partial charge in [0.15, 0.2) is 0 Å². The molecular formula is C42H25N3S. The van der Waals surface area contributed by atoms with Gasteiger partial charge in [0.25, 0.3) is 0 Å². The molecule has 10 rings (SSSR count). The minimum atomic E-state index is 0.678. The molecule has 0 atom stereocenters. The van der Waals surface area contributed by atoms with Gasteiger partial charge in [-0.15, -0.1) is 11.3 Å². The van der Waals surface area contributed by atoms with Gasteiger partial charge in [0.2, 0.25) is 5.95 Å². The Hall–Kier alpha value is -5.84. The van der Waals surface area contributed by atoms with Gasteiger partial charge in [0.05, 0.1) is 22.2 Å². The summed E-state index contributed by atoms with van der Waals surface area (Å²) >= 11 is 1.87. The fourth-order valence-electron chi connectivity index (χ4n) is 7.08. The second-order valence-corrected chi connectivity index (χ2v) is 12.8. The molecule has 3 nitrogen and oxygen atoms in total. The quantitative estimate of drug-likeness (QED) is 0.201. The minimum Gasteiger partial charge on any atom is -0.277 e. The molecule has 0 amide bonds. The third-order valence-electron chi connectivity index (χ3n) is 9.22. The van der Waals surface area contributed by atoms with E-state index < -0.39 is 0 Å². The van der Waals surface area contributed by atoms with Crippen LogP contribution in [0.15, 0.2) is 152 Å². The zero-order valence-electron chi connectivity index (χ0n) is 24.7. The van der Waals surface area contributed by atoms with Crippen molar-refractivity contribution in [3.63, 3.8) is 0 Å². The van der Waals surface area contributed by atoms with Crippen molar-refractivity contribution in [3.05, 3.63) is 152 Å². The SMILES string of the molecule is c1ccc(-c2ccc(-c3nc(-n4c5ccccc5c5ccc6ccc7c8ccccc8sc7c6c54)nc4ccccc34)cc2)cc1. The summed E-state index contributed by atoms with van der Waals surface area (Å²) < 4.78 is 4.89. The summed E-state index contributed by atoms with van der Waals surface area (Å²) in [5, 5.41) is 8.49. The Balaban J connectivity index is 1.30. The van der Waals surface area contributed by atoms with Crippen LogP contribution in [0.2, 0.25) is 0 Å². The first-order chi connectivity index (χ1) is 22.8. The van der Waals surface area contributed by atoms with Gasteiger partial charge in [0, 0.05) is 47.3 Å². The molecule has 0 N–H and O–H groups in total. The number of benzene rings is 7. The highest BCUT2D eigenvalue weighted by molar-refractivity contribution is 7.26. The Morgan fingerprint density at radius 3 is 1.96 bits per heavy atom. The van der Waals surface area contributed by atoms with E-state index >= 15 is 0 Å². The number of hydrogen-bond donors (Lipinski definition) is 0. The molecule has 0 spiro atoms. The Bertz CT molecular complexity index is 2790. The Morgan fingerprint density at radius 1 is 0.457 bits per heavy atom. The van der Waals surface area contributed by atoms with Crippen molar-refractivity contribution in [1.82, 2.24) is 14.5 Å². The van der Waals surface area contributed by atoms with Crippen LogP contribution in [0, 0.1) is 0 Å². The second-order valence-electron chi connectivity index (χ2n) is 11.8. The second kappa shape index (κ2) is 9.83. The lowest BCUT2D eigenvalue weighted by molar-refractivity contribution is 1.02. The van der Waals surface area contributed by atoms with Gasteiger partial charge >= 0.3 is 0 Å². The van der Waals surface area contributed by atoms with Crippen LogP contribution in [0.3, 0.4) is 0 Å². The summed E-state index contributed by atoms with van der Waals surface area (Å²) in [7, 11) is 0. The molecule has 3 heterocycles. The first-order valence-corrected chi connectivity index (χ1v) is 16.3. The fraction of sp³-hybridized carbons (Fsp3) is 0. The molecule has 7 aromatic carbocycles. The summed E-state index contributed by atoms with van der Waals surface area (Å²) in [4.78, 5) is 10.7. The third-order valence-corrected chi connectivity index (χ3v) is 10.4. The molecule has 0 aliphatic rings. The molecule has 0 saturated heterocycles. The Kier molecular flexibility index (Phi) is 5.45. The van der Waals surface area contributed by atoms with Gasteiger partial charge in [-0.1, -0.05) is 133 Å². The maximum absolute atomic E-state index is 5.40. The lowest BCUT2D eigenvalue weighted by Gasteiger charge is -2.13. The van der Waals surface area contributed by atoms with Crippen molar-refractivity contribution in [2.24, 2.45) is 0 Å². The molecule has 10 aromatic rings. The summed E-state index contributed by atoms with van der Waals surface area (Å²) in [5.41, 5.74) is 7.56. The lowest BCUT2D eigenvalue weighted by atomic mass is 10.0. The third kappa shape index (κ3) is 3.71. The van der Waals surface area contributed by atoms with Crippen LogP contribution in [0.1, 0.15) is 0 Å². The van der Waals surface area contributed by atoms with E-state index in [-0.39, 0.29) is 0 Å². The van der Waals surface area contributed by atoms with E-state index in [4.69, 9.17) is 9.97 Å². The molecule has 0 aliphatic heterocycles. The number of fused-ring (bicyclic) bond motifs is 10. The molecule has 3 aromatic heterocycles. The molecule has 0 aliphatic carbocycles. The van der Waals surface area contributed by atoms with Crippen LogP contribution in [-0.2, 0) is 0 Å². The van der Waals surface area contributed by atoms with Gasteiger partial charge < -0.3 is 0 Å². The zero-order valence-corrected chi connectivity index (χ0v) is 25.5. The maximum Gasteiger partial charge on any atom is 0.235 e. The summed E-state index contributed by atoms with van der Waals surface area (Å²) in [6, 6.07) is 54.0. The highest BCUT2D eigenvalue weighted by Gasteiger charge is 2.21. The lowest BCUT2D eigenvalue weighted by Crippen LogP contribution is -2.03. The van der Waals surface area contributed by atoms with E-state index in [9.17, 15) is 0 Å². The molecule has 214 valence electrons. The highest BCUT2D eigenvalue weighted by atomic mass is 32.1. The molecule has 46 heavy (non-hydrogen) atoms. The van der Waals surface area contributed by atoms with Gasteiger partial charge in [-0.05, 0) is 34.7 Å². The average Bonchev–Trinajstić information content (AvgIpc) is 3.68. The Labute approximate surface area is 268 Å². The average molecular weight is 604 g/mol. The number of thiophene rings is 1. The monoisotopic (exact) mass is 603 g/mol. The van der Waals surface area contributed by atoms with Crippen LogP contribution in [0.25, 0.3) is 92.0 Å². The molecule has 0 bridgehead atoms. The molecular weight excluding hydrogens is 579 g/mol. The maximum atomic E-state index is 5.40.